The van der Waals surface area contributed by atoms with Crippen molar-refractivity contribution in [1.29, 1.82) is 0 Å². The lowest BCUT2D eigenvalue weighted by atomic mass is 9.57. The molecule has 0 amide bonds. The van der Waals surface area contributed by atoms with Crippen molar-refractivity contribution in [2.45, 2.75) is 25.2 Å². The lowest BCUT2D eigenvalue weighted by Gasteiger charge is -2.45. The molecule has 2 unspecified atom stereocenters. The zero-order chi connectivity index (χ0) is 19.1. The molecule has 0 radical (unpaired) electrons. The van der Waals surface area contributed by atoms with Gasteiger partial charge in [-0.1, -0.05) is 116 Å². The number of rotatable bonds is 2. The molecule has 0 aliphatic heterocycles. The second-order valence-corrected chi connectivity index (χ2v) is 8.05. The van der Waals surface area contributed by atoms with Crippen LogP contribution in [0.2, 0.25) is 0 Å². The molecule has 4 aromatic rings. The Bertz CT molecular complexity index is 1130. The van der Waals surface area contributed by atoms with Crippen LogP contribution in [-0.4, -0.2) is 0 Å². The predicted octanol–water partition coefficient (Wildman–Crippen LogP) is 7.11. The molecular formula is C28H24. The van der Waals surface area contributed by atoms with Gasteiger partial charge in [-0.05, 0) is 40.3 Å². The molecule has 5 rings (SSSR count). The molecule has 0 saturated carbocycles. The first-order valence-electron chi connectivity index (χ1n) is 10.0. The van der Waals surface area contributed by atoms with Crippen LogP contribution in [0.25, 0.3) is 11.1 Å². The minimum atomic E-state index is -0.139. The summed E-state index contributed by atoms with van der Waals surface area (Å²) in [5.74, 6) is 0.265. The van der Waals surface area contributed by atoms with Crippen LogP contribution < -0.4 is 0 Å². The maximum absolute atomic E-state index is 2.42. The Balaban J connectivity index is 1.91. The van der Waals surface area contributed by atoms with E-state index in [1.54, 1.807) is 0 Å². The van der Waals surface area contributed by atoms with Crippen LogP contribution in [0, 0.1) is 6.92 Å². The van der Waals surface area contributed by atoms with Crippen molar-refractivity contribution in [3.8, 4) is 11.1 Å². The first-order valence-corrected chi connectivity index (χ1v) is 10.0. The fourth-order valence-electron chi connectivity index (χ4n) is 5.07. The van der Waals surface area contributed by atoms with Crippen molar-refractivity contribution in [3.05, 3.63) is 131 Å². The normalized spacial score (nSPS) is 20.3. The van der Waals surface area contributed by atoms with E-state index in [1.165, 1.54) is 38.9 Å². The van der Waals surface area contributed by atoms with Gasteiger partial charge in [0.2, 0.25) is 0 Å². The number of aryl methyl sites for hydroxylation is 1. The molecule has 0 saturated heterocycles. The minimum Gasteiger partial charge on any atom is -0.0622 e. The highest BCUT2D eigenvalue weighted by molar-refractivity contribution is 5.79. The Hall–Kier alpha value is -3.12. The summed E-state index contributed by atoms with van der Waals surface area (Å²) in [5, 5.41) is 0. The highest BCUT2D eigenvalue weighted by atomic mass is 14.5. The average molecular weight is 361 g/mol. The van der Waals surface area contributed by atoms with Crippen molar-refractivity contribution >= 4 is 0 Å². The Labute approximate surface area is 167 Å². The molecule has 0 bridgehead atoms. The minimum absolute atomic E-state index is 0.139. The van der Waals surface area contributed by atoms with Crippen molar-refractivity contribution in [3.63, 3.8) is 0 Å². The summed E-state index contributed by atoms with van der Waals surface area (Å²) in [4.78, 5) is 0. The maximum atomic E-state index is 2.42. The van der Waals surface area contributed by atoms with Crippen LogP contribution in [0.15, 0.2) is 103 Å². The molecule has 2 atom stereocenters. The van der Waals surface area contributed by atoms with Gasteiger partial charge in [0.25, 0.3) is 0 Å². The van der Waals surface area contributed by atoms with E-state index >= 15 is 0 Å². The molecule has 0 spiro atoms. The summed E-state index contributed by atoms with van der Waals surface area (Å²) in [6.07, 6.45) is 0. The van der Waals surface area contributed by atoms with Gasteiger partial charge in [0.15, 0.2) is 0 Å². The highest BCUT2D eigenvalue weighted by Crippen LogP contribution is 2.56. The van der Waals surface area contributed by atoms with Gasteiger partial charge in [-0.2, -0.15) is 0 Å². The molecule has 0 fully saturated rings. The van der Waals surface area contributed by atoms with E-state index in [0.29, 0.717) is 0 Å². The summed E-state index contributed by atoms with van der Waals surface area (Å²) in [5.41, 5.74) is 9.47. The lowest BCUT2D eigenvalue weighted by Crippen LogP contribution is -2.36. The number of fused-ring (bicyclic) bond motifs is 3. The summed E-state index contributed by atoms with van der Waals surface area (Å²) >= 11 is 0. The summed E-state index contributed by atoms with van der Waals surface area (Å²) in [6, 6.07) is 37.9. The van der Waals surface area contributed by atoms with Crippen LogP contribution in [0.3, 0.4) is 0 Å². The Kier molecular flexibility index (Phi) is 3.94. The molecule has 0 N–H and O–H groups in total. The number of benzene rings is 4. The van der Waals surface area contributed by atoms with E-state index in [1.807, 2.05) is 0 Å². The molecule has 0 heterocycles. The monoisotopic (exact) mass is 360 g/mol. The smallest absolute Gasteiger partial charge is 0.0290 e. The molecule has 0 heteroatoms. The van der Waals surface area contributed by atoms with E-state index in [9.17, 15) is 0 Å². The molecule has 28 heavy (non-hydrogen) atoms. The first kappa shape index (κ1) is 17.0. The first-order chi connectivity index (χ1) is 13.7. The summed E-state index contributed by atoms with van der Waals surface area (Å²) in [6.45, 7) is 4.62. The van der Waals surface area contributed by atoms with Crippen molar-refractivity contribution in [2.24, 2.45) is 0 Å². The Morgan fingerprint density at radius 2 is 1.29 bits per heavy atom. The van der Waals surface area contributed by atoms with Gasteiger partial charge >= 0.3 is 0 Å². The van der Waals surface area contributed by atoms with Crippen LogP contribution in [0.1, 0.15) is 40.7 Å². The van der Waals surface area contributed by atoms with E-state index in [0.717, 1.165) is 0 Å². The van der Waals surface area contributed by atoms with Crippen LogP contribution >= 0.6 is 0 Å². The topological polar surface area (TPSA) is 0 Å². The molecule has 1 aliphatic carbocycles. The van der Waals surface area contributed by atoms with Gasteiger partial charge in [-0.15, -0.1) is 0 Å². The molecule has 0 aromatic heterocycles. The standard InChI is InChI=1S/C28H24/c1-20-17-18-23-24-15-9-10-16-26(24)28(2,22-13-7-4-8-14-22)27(25(23)19-20)21-11-5-3-6-12-21/h3-19,27H,1-2H3. The fourth-order valence-corrected chi connectivity index (χ4v) is 5.07. The van der Waals surface area contributed by atoms with Crippen LogP contribution in [-0.2, 0) is 5.41 Å². The second kappa shape index (κ2) is 6.49. The fraction of sp³-hybridized carbons (Fsp3) is 0.143. The predicted molar refractivity (Wildman–Crippen MR) is 118 cm³/mol. The summed E-state index contributed by atoms with van der Waals surface area (Å²) < 4.78 is 0. The van der Waals surface area contributed by atoms with Gasteiger partial charge in [-0.3, -0.25) is 0 Å². The lowest BCUT2D eigenvalue weighted by molar-refractivity contribution is 0.492. The van der Waals surface area contributed by atoms with Gasteiger partial charge in [0.05, 0.1) is 0 Å². The van der Waals surface area contributed by atoms with Gasteiger partial charge in [0, 0.05) is 11.3 Å². The maximum Gasteiger partial charge on any atom is 0.0290 e. The van der Waals surface area contributed by atoms with Crippen molar-refractivity contribution in [2.75, 3.05) is 0 Å². The van der Waals surface area contributed by atoms with Crippen molar-refractivity contribution in [1.82, 2.24) is 0 Å². The van der Waals surface area contributed by atoms with Gasteiger partial charge < -0.3 is 0 Å². The third-order valence-corrected chi connectivity index (χ3v) is 6.38. The number of hydrogen-bond acceptors (Lipinski definition) is 0. The zero-order valence-electron chi connectivity index (χ0n) is 16.4. The van der Waals surface area contributed by atoms with Crippen LogP contribution in [0.4, 0.5) is 0 Å². The second-order valence-electron chi connectivity index (χ2n) is 8.05. The Morgan fingerprint density at radius 3 is 2.04 bits per heavy atom. The molecule has 136 valence electrons. The van der Waals surface area contributed by atoms with Crippen molar-refractivity contribution < 1.29 is 0 Å². The van der Waals surface area contributed by atoms with Gasteiger partial charge in [0.1, 0.15) is 0 Å². The third kappa shape index (κ3) is 2.45. The third-order valence-electron chi connectivity index (χ3n) is 6.38. The van der Waals surface area contributed by atoms with E-state index < -0.39 is 0 Å². The van der Waals surface area contributed by atoms with E-state index in [-0.39, 0.29) is 11.3 Å². The quantitative estimate of drug-likeness (QED) is 0.357. The number of hydrogen-bond donors (Lipinski definition) is 0. The molecule has 1 aliphatic rings. The Morgan fingerprint density at radius 1 is 0.643 bits per heavy atom. The van der Waals surface area contributed by atoms with Crippen LogP contribution in [0.5, 0.6) is 0 Å². The molecular weight excluding hydrogens is 336 g/mol. The van der Waals surface area contributed by atoms with E-state index in [4.69, 9.17) is 0 Å². The SMILES string of the molecule is Cc1ccc2c(c1)C(c1ccccc1)C(C)(c1ccccc1)c1ccccc1-2. The zero-order valence-corrected chi connectivity index (χ0v) is 16.4. The van der Waals surface area contributed by atoms with Gasteiger partial charge in [-0.25, -0.2) is 0 Å². The average Bonchev–Trinajstić information content (AvgIpc) is 2.75. The largest absolute Gasteiger partial charge is 0.0622 e. The highest BCUT2D eigenvalue weighted by Gasteiger charge is 2.45. The van der Waals surface area contributed by atoms with E-state index in [2.05, 4.69) is 117 Å². The molecule has 4 aromatic carbocycles. The molecule has 0 nitrogen and oxygen atoms in total. The summed E-state index contributed by atoms with van der Waals surface area (Å²) in [7, 11) is 0.